The minimum atomic E-state index is -0.263. The smallest absolute Gasteiger partial charge is 0.275 e. The Morgan fingerprint density at radius 3 is 2.61 bits per heavy atom. The number of benzene rings is 1. The van der Waals surface area contributed by atoms with E-state index in [0.29, 0.717) is 18.0 Å². The van der Waals surface area contributed by atoms with Crippen molar-refractivity contribution in [2.24, 2.45) is 0 Å². The summed E-state index contributed by atoms with van der Waals surface area (Å²) in [7, 11) is 0. The van der Waals surface area contributed by atoms with Crippen molar-refractivity contribution in [2.45, 2.75) is 39.6 Å². The number of amides is 1. The van der Waals surface area contributed by atoms with Crippen molar-refractivity contribution in [2.75, 3.05) is 23.3 Å². The first-order valence-corrected chi connectivity index (χ1v) is 11.2. The highest BCUT2D eigenvalue weighted by molar-refractivity contribution is 7.09. The maximum atomic E-state index is 12.5. The van der Waals surface area contributed by atoms with Crippen LogP contribution in [0.5, 0.6) is 5.75 Å². The minimum absolute atomic E-state index is 0.166. The summed E-state index contributed by atoms with van der Waals surface area (Å²) < 4.78 is 11.5. The van der Waals surface area contributed by atoms with E-state index in [1.54, 1.807) is 11.6 Å². The molecule has 1 fully saturated rings. The zero-order valence-electron chi connectivity index (χ0n) is 17.9. The number of nitrogens with zero attached hydrogens (tertiary/aromatic N) is 3. The van der Waals surface area contributed by atoms with Gasteiger partial charge < -0.3 is 19.7 Å². The van der Waals surface area contributed by atoms with Crippen LogP contribution in [0.15, 0.2) is 48.0 Å². The Kier molecular flexibility index (Phi) is 6.48. The van der Waals surface area contributed by atoms with Crippen molar-refractivity contribution in [3.05, 3.63) is 64.2 Å². The molecular weight excluding hydrogens is 412 g/mol. The number of carbonyl (C=O) groups excluding carboxylic acids is 1. The van der Waals surface area contributed by atoms with Gasteiger partial charge >= 0.3 is 0 Å². The SMILES string of the molecule is Cc1ccc(OCc2nc(C(=O)Nc3ccc(N4C[C@@H](C)O[C@@H](C)C4)nc3)cs2)cc1. The van der Waals surface area contributed by atoms with Gasteiger partial charge in [-0.3, -0.25) is 4.79 Å². The Labute approximate surface area is 186 Å². The highest BCUT2D eigenvalue weighted by atomic mass is 32.1. The first kappa shape index (κ1) is 21.3. The third-order valence-electron chi connectivity index (χ3n) is 4.92. The summed E-state index contributed by atoms with van der Waals surface area (Å²) in [5.74, 6) is 1.40. The van der Waals surface area contributed by atoms with Crippen LogP contribution in [-0.4, -0.2) is 41.2 Å². The monoisotopic (exact) mass is 438 g/mol. The fourth-order valence-corrected chi connectivity index (χ4v) is 4.15. The molecule has 3 aromatic rings. The Balaban J connectivity index is 1.32. The van der Waals surface area contributed by atoms with Gasteiger partial charge in [-0.1, -0.05) is 17.7 Å². The molecular formula is C23H26N4O3S. The quantitative estimate of drug-likeness (QED) is 0.619. The Morgan fingerprint density at radius 1 is 1.19 bits per heavy atom. The highest BCUT2D eigenvalue weighted by Gasteiger charge is 2.23. The van der Waals surface area contributed by atoms with E-state index in [1.165, 1.54) is 16.9 Å². The lowest BCUT2D eigenvalue weighted by Gasteiger charge is -2.36. The van der Waals surface area contributed by atoms with E-state index in [4.69, 9.17) is 9.47 Å². The minimum Gasteiger partial charge on any atom is -0.486 e. The zero-order chi connectivity index (χ0) is 21.8. The van der Waals surface area contributed by atoms with Crippen molar-refractivity contribution in [1.29, 1.82) is 0 Å². The molecule has 1 N–H and O–H groups in total. The molecule has 3 heterocycles. The van der Waals surface area contributed by atoms with E-state index in [2.05, 4.69) is 34.0 Å². The van der Waals surface area contributed by atoms with E-state index in [-0.39, 0.29) is 18.1 Å². The average Bonchev–Trinajstić information content (AvgIpc) is 3.22. The fraction of sp³-hybridized carbons (Fsp3) is 0.348. The lowest BCUT2D eigenvalue weighted by atomic mass is 10.2. The predicted molar refractivity (Wildman–Crippen MR) is 122 cm³/mol. The van der Waals surface area contributed by atoms with Gasteiger partial charge in [-0.2, -0.15) is 0 Å². The molecule has 162 valence electrons. The van der Waals surface area contributed by atoms with Gasteiger partial charge in [0.05, 0.1) is 24.1 Å². The van der Waals surface area contributed by atoms with Gasteiger partial charge in [0.25, 0.3) is 5.91 Å². The molecule has 31 heavy (non-hydrogen) atoms. The van der Waals surface area contributed by atoms with Crippen molar-refractivity contribution in [3.63, 3.8) is 0 Å². The van der Waals surface area contributed by atoms with Crippen LogP contribution in [0.4, 0.5) is 11.5 Å². The van der Waals surface area contributed by atoms with Gasteiger partial charge in [0, 0.05) is 18.5 Å². The number of aromatic nitrogens is 2. The van der Waals surface area contributed by atoms with Crippen LogP contribution in [0.2, 0.25) is 0 Å². The van der Waals surface area contributed by atoms with Crippen LogP contribution in [0.3, 0.4) is 0 Å². The predicted octanol–water partition coefficient (Wildman–Crippen LogP) is 4.29. The van der Waals surface area contributed by atoms with Crippen molar-refractivity contribution < 1.29 is 14.3 Å². The maximum Gasteiger partial charge on any atom is 0.275 e. The number of anilines is 2. The summed E-state index contributed by atoms with van der Waals surface area (Å²) in [6.45, 7) is 8.08. The van der Waals surface area contributed by atoms with E-state index in [0.717, 1.165) is 29.7 Å². The van der Waals surface area contributed by atoms with Gasteiger partial charge in [-0.05, 0) is 45.0 Å². The fourth-order valence-electron chi connectivity index (χ4n) is 3.47. The largest absolute Gasteiger partial charge is 0.486 e. The molecule has 7 nitrogen and oxygen atoms in total. The summed E-state index contributed by atoms with van der Waals surface area (Å²) in [5, 5.41) is 5.34. The third-order valence-corrected chi connectivity index (χ3v) is 5.74. The molecule has 0 radical (unpaired) electrons. The molecule has 2 aromatic heterocycles. The molecule has 4 rings (SSSR count). The second-order valence-corrected chi connectivity index (χ2v) is 8.69. The first-order valence-electron chi connectivity index (χ1n) is 10.3. The number of pyridine rings is 1. The molecule has 1 aliphatic heterocycles. The summed E-state index contributed by atoms with van der Waals surface area (Å²) in [6, 6.07) is 11.6. The average molecular weight is 439 g/mol. The number of aryl methyl sites for hydroxylation is 1. The third kappa shape index (κ3) is 5.59. The van der Waals surface area contributed by atoms with Gasteiger partial charge in [-0.15, -0.1) is 11.3 Å². The second kappa shape index (κ2) is 9.45. The topological polar surface area (TPSA) is 76.6 Å². The van der Waals surface area contributed by atoms with Crippen LogP contribution in [0.1, 0.15) is 34.9 Å². The zero-order valence-corrected chi connectivity index (χ0v) is 18.7. The Bertz CT molecular complexity index is 1010. The molecule has 0 spiro atoms. The van der Waals surface area contributed by atoms with Crippen molar-refractivity contribution >= 4 is 28.7 Å². The second-order valence-electron chi connectivity index (χ2n) is 7.75. The standard InChI is InChI=1S/C23H26N4O3S/c1-15-4-7-19(8-5-15)29-13-22-26-20(14-31-22)23(28)25-18-6-9-21(24-10-18)27-11-16(2)30-17(3)12-27/h4-10,14,16-17H,11-13H2,1-3H3,(H,25,28)/t16-,17+. The Hall–Kier alpha value is -2.97. The summed E-state index contributed by atoms with van der Waals surface area (Å²) in [5.41, 5.74) is 2.18. The molecule has 1 amide bonds. The van der Waals surface area contributed by atoms with Crippen LogP contribution < -0.4 is 15.0 Å². The van der Waals surface area contributed by atoms with Crippen molar-refractivity contribution in [3.8, 4) is 5.75 Å². The molecule has 1 aliphatic rings. The normalized spacial score (nSPS) is 18.6. The molecule has 0 aliphatic carbocycles. The summed E-state index contributed by atoms with van der Waals surface area (Å²) >= 11 is 1.40. The number of hydrogen-bond donors (Lipinski definition) is 1. The molecule has 1 saturated heterocycles. The van der Waals surface area contributed by atoms with E-state index in [9.17, 15) is 4.79 Å². The highest BCUT2D eigenvalue weighted by Crippen LogP contribution is 2.21. The van der Waals surface area contributed by atoms with Gasteiger partial charge in [0.15, 0.2) is 0 Å². The molecule has 0 bridgehead atoms. The molecule has 8 heteroatoms. The maximum absolute atomic E-state index is 12.5. The van der Waals surface area contributed by atoms with Crippen LogP contribution >= 0.6 is 11.3 Å². The van der Waals surface area contributed by atoms with Crippen LogP contribution in [-0.2, 0) is 11.3 Å². The number of thiazole rings is 1. The first-order chi connectivity index (χ1) is 15.0. The molecule has 1 aromatic carbocycles. The van der Waals surface area contributed by atoms with Gasteiger partial charge in [-0.25, -0.2) is 9.97 Å². The van der Waals surface area contributed by atoms with E-state index in [1.807, 2.05) is 43.3 Å². The molecule has 2 atom stereocenters. The van der Waals surface area contributed by atoms with Crippen LogP contribution in [0, 0.1) is 6.92 Å². The summed E-state index contributed by atoms with van der Waals surface area (Å²) in [4.78, 5) is 23.6. The lowest BCUT2D eigenvalue weighted by Crippen LogP contribution is -2.45. The number of carbonyl (C=O) groups is 1. The molecule has 0 unspecified atom stereocenters. The van der Waals surface area contributed by atoms with Gasteiger partial charge in [0.2, 0.25) is 0 Å². The number of ether oxygens (including phenoxy) is 2. The summed E-state index contributed by atoms with van der Waals surface area (Å²) in [6.07, 6.45) is 2.00. The lowest BCUT2D eigenvalue weighted by molar-refractivity contribution is -0.00545. The van der Waals surface area contributed by atoms with Crippen LogP contribution in [0.25, 0.3) is 0 Å². The van der Waals surface area contributed by atoms with Gasteiger partial charge in [0.1, 0.15) is 28.9 Å². The Morgan fingerprint density at radius 2 is 1.94 bits per heavy atom. The molecule has 0 saturated carbocycles. The van der Waals surface area contributed by atoms with E-state index >= 15 is 0 Å². The number of nitrogens with one attached hydrogen (secondary N) is 1. The number of rotatable bonds is 6. The van der Waals surface area contributed by atoms with Crippen molar-refractivity contribution in [1.82, 2.24) is 9.97 Å². The number of morpholine rings is 1. The van der Waals surface area contributed by atoms with E-state index < -0.39 is 0 Å². The number of hydrogen-bond acceptors (Lipinski definition) is 7.